The van der Waals surface area contributed by atoms with E-state index in [-0.39, 0.29) is 53.5 Å². The van der Waals surface area contributed by atoms with Crippen molar-refractivity contribution in [2.45, 2.75) is 61.9 Å². The highest BCUT2D eigenvalue weighted by atomic mass is 35.5. The maximum atomic E-state index is 16.6. The van der Waals surface area contributed by atoms with Gasteiger partial charge in [0.15, 0.2) is 5.82 Å². The van der Waals surface area contributed by atoms with E-state index in [1.807, 2.05) is 11.9 Å². The van der Waals surface area contributed by atoms with Crippen LogP contribution in [0.5, 0.6) is 17.6 Å². The summed E-state index contributed by atoms with van der Waals surface area (Å²) in [5.74, 6) is 0.0324. The van der Waals surface area contributed by atoms with E-state index < -0.39 is 17.5 Å². The lowest BCUT2D eigenvalue weighted by atomic mass is 9.95. The average molecular weight is 586 g/mol. The number of aromatic nitrogens is 3. The maximum absolute atomic E-state index is 16.6. The number of hydrogen-bond acceptors (Lipinski definition) is 9. The molecule has 1 saturated carbocycles. The van der Waals surface area contributed by atoms with Gasteiger partial charge in [0.1, 0.15) is 47.0 Å². The zero-order valence-corrected chi connectivity index (χ0v) is 23.3. The van der Waals surface area contributed by atoms with Crippen LogP contribution in [0.25, 0.3) is 22.2 Å². The van der Waals surface area contributed by atoms with Gasteiger partial charge in [-0.05, 0) is 55.8 Å². The van der Waals surface area contributed by atoms with E-state index in [0.29, 0.717) is 48.0 Å². The van der Waals surface area contributed by atoms with Crippen LogP contribution in [0.2, 0.25) is 5.02 Å². The molecule has 3 saturated heterocycles. The Hall–Kier alpha value is -3.02. The van der Waals surface area contributed by atoms with Gasteiger partial charge in [-0.1, -0.05) is 11.6 Å². The van der Waals surface area contributed by atoms with Crippen LogP contribution in [0, 0.1) is 5.82 Å². The molecule has 216 valence electrons. The molecule has 8 rings (SSSR count). The molecule has 2 aromatic heterocycles. The zero-order valence-electron chi connectivity index (χ0n) is 22.6. The van der Waals surface area contributed by atoms with Crippen LogP contribution in [0.4, 0.5) is 14.6 Å². The standard InChI is InChI=1S/C29H30ClF2N5O4/c1-36-19-11-39-12-20(19)41-27-22-25(23(32)24(33-27)17-7-16(38)8-18(30)21(17)14-3-4-14)34-28(35-26(22)36)40-13-29-5-2-6-37(29)10-15(31)9-29/h7-8,14-15,19-20,38H,2-6,9-13H2,1H3/t15-,19?,20?,29+/m1/s1. The van der Waals surface area contributed by atoms with E-state index in [4.69, 9.17) is 30.8 Å². The second-order valence-electron chi connectivity index (χ2n) is 12.0. The number of phenols is 1. The van der Waals surface area contributed by atoms with Crippen LogP contribution in [-0.2, 0) is 4.74 Å². The highest BCUT2D eigenvalue weighted by Crippen LogP contribution is 2.50. The number of rotatable bonds is 5. The number of aromatic hydroxyl groups is 1. The maximum Gasteiger partial charge on any atom is 0.319 e. The van der Waals surface area contributed by atoms with E-state index in [0.717, 1.165) is 37.8 Å². The molecule has 3 aromatic rings. The predicted octanol–water partition coefficient (Wildman–Crippen LogP) is 4.62. The molecule has 12 heteroatoms. The number of anilines is 1. The first-order valence-corrected chi connectivity index (χ1v) is 14.6. The molecule has 0 spiro atoms. The minimum atomic E-state index is -0.896. The summed E-state index contributed by atoms with van der Waals surface area (Å²) in [7, 11) is 1.87. The Morgan fingerprint density at radius 2 is 2.07 bits per heavy atom. The molecule has 4 aliphatic heterocycles. The summed E-state index contributed by atoms with van der Waals surface area (Å²) < 4.78 is 49.3. The van der Waals surface area contributed by atoms with Crippen LogP contribution in [-0.4, -0.2) is 88.8 Å². The van der Waals surface area contributed by atoms with Crippen molar-refractivity contribution in [3.8, 4) is 28.9 Å². The summed E-state index contributed by atoms with van der Waals surface area (Å²) in [5.41, 5.74) is 0.768. The number of fused-ring (bicyclic) bond motifs is 2. The number of phenolic OH excluding ortho intramolecular Hbond substituents is 1. The molecule has 9 nitrogen and oxygen atoms in total. The second kappa shape index (κ2) is 9.24. The molecule has 5 aliphatic rings. The fraction of sp³-hybridized carbons (Fsp3) is 0.552. The third-order valence-electron chi connectivity index (χ3n) is 9.39. The van der Waals surface area contributed by atoms with Crippen molar-refractivity contribution in [2.75, 3.05) is 44.9 Å². The number of alkyl halides is 1. The minimum Gasteiger partial charge on any atom is -0.508 e. The quantitative estimate of drug-likeness (QED) is 0.460. The fourth-order valence-electron chi connectivity index (χ4n) is 7.22. The monoisotopic (exact) mass is 585 g/mol. The van der Waals surface area contributed by atoms with Crippen LogP contribution >= 0.6 is 11.6 Å². The number of likely N-dealkylation sites (N-methyl/N-ethyl adjacent to an activating group) is 1. The van der Waals surface area contributed by atoms with E-state index in [1.54, 1.807) is 0 Å². The van der Waals surface area contributed by atoms with Gasteiger partial charge in [-0.25, -0.2) is 13.8 Å². The van der Waals surface area contributed by atoms with E-state index in [1.165, 1.54) is 12.1 Å². The highest BCUT2D eigenvalue weighted by Gasteiger charge is 2.49. The average Bonchev–Trinajstić information content (AvgIpc) is 3.44. The summed E-state index contributed by atoms with van der Waals surface area (Å²) in [4.78, 5) is 18.0. The van der Waals surface area contributed by atoms with Crippen molar-refractivity contribution in [3.63, 3.8) is 0 Å². The lowest BCUT2D eigenvalue weighted by Gasteiger charge is -2.31. The summed E-state index contributed by atoms with van der Waals surface area (Å²) in [6.45, 7) is 2.22. The van der Waals surface area contributed by atoms with Gasteiger partial charge >= 0.3 is 6.01 Å². The summed E-state index contributed by atoms with van der Waals surface area (Å²) in [5, 5.41) is 11.1. The number of hydrogen-bond donors (Lipinski definition) is 1. The SMILES string of the molecule is CN1c2nc(OC[C@@]34CCCN3C[C@H](F)C4)nc3c(F)c(-c4cc(O)cc(Cl)c4C4CC4)nc(c23)OC2COCC21. The molecule has 1 aliphatic carbocycles. The zero-order chi connectivity index (χ0) is 28.0. The molecule has 4 atom stereocenters. The van der Waals surface area contributed by atoms with E-state index in [9.17, 15) is 9.50 Å². The number of benzene rings is 1. The second-order valence-corrected chi connectivity index (χ2v) is 12.4. The largest absolute Gasteiger partial charge is 0.508 e. The van der Waals surface area contributed by atoms with Gasteiger partial charge < -0.3 is 24.2 Å². The van der Waals surface area contributed by atoms with Crippen LogP contribution < -0.4 is 14.4 Å². The molecule has 4 fully saturated rings. The third kappa shape index (κ3) is 4.03. The Morgan fingerprint density at radius 1 is 1.22 bits per heavy atom. The number of ether oxygens (including phenoxy) is 3. The van der Waals surface area contributed by atoms with Gasteiger partial charge in [0.05, 0.1) is 24.8 Å². The Balaban J connectivity index is 1.29. The van der Waals surface area contributed by atoms with Gasteiger partial charge in [-0.15, -0.1) is 0 Å². The predicted molar refractivity (Wildman–Crippen MR) is 147 cm³/mol. The lowest BCUT2D eigenvalue weighted by molar-refractivity contribution is 0.107. The Kier molecular flexibility index (Phi) is 5.79. The third-order valence-corrected chi connectivity index (χ3v) is 9.71. The minimum absolute atomic E-state index is 0.000515. The van der Waals surface area contributed by atoms with Gasteiger partial charge in [-0.3, -0.25) is 4.90 Å². The molecule has 1 aromatic carbocycles. The smallest absolute Gasteiger partial charge is 0.319 e. The lowest BCUT2D eigenvalue weighted by Crippen LogP contribution is -2.44. The first-order valence-electron chi connectivity index (χ1n) is 14.2. The Labute approximate surface area is 240 Å². The molecule has 0 bridgehead atoms. The first-order chi connectivity index (χ1) is 19.8. The molecule has 0 amide bonds. The van der Waals surface area contributed by atoms with Gasteiger partial charge in [-0.2, -0.15) is 9.97 Å². The molecule has 6 heterocycles. The van der Waals surface area contributed by atoms with Crippen molar-refractivity contribution < 1.29 is 28.1 Å². The Morgan fingerprint density at radius 3 is 2.90 bits per heavy atom. The van der Waals surface area contributed by atoms with E-state index >= 15 is 4.39 Å². The number of nitrogens with zero attached hydrogens (tertiary/aromatic N) is 5. The molecule has 1 N–H and O–H groups in total. The first kappa shape index (κ1) is 25.7. The number of pyridine rings is 1. The number of halogens is 3. The van der Waals surface area contributed by atoms with Crippen molar-refractivity contribution in [3.05, 3.63) is 28.5 Å². The summed E-state index contributed by atoms with van der Waals surface area (Å²) >= 11 is 6.56. The van der Waals surface area contributed by atoms with Crippen LogP contribution in [0.15, 0.2) is 12.1 Å². The van der Waals surface area contributed by atoms with Gasteiger partial charge in [0.25, 0.3) is 0 Å². The topological polar surface area (TPSA) is 93.1 Å². The summed E-state index contributed by atoms with van der Waals surface area (Å²) in [6.07, 6.45) is 2.80. The van der Waals surface area contributed by atoms with Crippen molar-refractivity contribution in [1.29, 1.82) is 0 Å². The molecule has 41 heavy (non-hydrogen) atoms. The molecular formula is C29H30ClF2N5O4. The molecular weight excluding hydrogens is 556 g/mol. The van der Waals surface area contributed by atoms with Gasteiger partial charge in [0, 0.05) is 30.6 Å². The van der Waals surface area contributed by atoms with Gasteiger partial charge in [0.2, 0.25) is 5.88 Å². The normalized spacial score (nSPS) is 29.0. The highest BCUT2D eigenvalue weighted by molar-refractivity contribution is 6.32. The van der Waals surface area contributed by atoms with Crippen LogP contribution in [0.1, 0.15) is 43.6 Å². The molecule has 0 radical (unpaired) electrons. The molecule has 2 unspecified atom stereocenters. The van der Waals surface area contributed by atoms with Crippen molar-refractivity contribution >= 4 is 28.3 Å². The van der Waals surface area contributed by atoms with Crippen LogP contribution in [0.3, 0.4) is 0 Å². The Bertz CT molecular complexity index is 1570. The fourth-order valence-corrected chi connectivity index (χ4v) is 7.59. The van der Waals surface area contributed by atoms with Crippen molar-refractivity contribution in [2.24, 2.45) is 0 Å². The summed E-state index contributed by atoms with van der Waals surface area (Å²) in [6, 6.07) is 2.81. The van der Waals surface area contributed by atoms with Crippen molar-refractivity contribution in [1.82, 2.24) is 19.9 Å². The van der Waals surface area contributed by atoms with E-state index in [2.05, 4.69) is 14.9 Å².